The van der Waals surface area contributed by atoms with Crippen LogP contribution in [-0.4, -0.2) is 46.8 Å². The van der Waals surface area contributed by atoms with Crippen LogP contribution in [-0.2, 0) is 10.2 Å². The Morgan fingerprint density at radius 2 is 1.89 bits per heavy atom. The van der Waals surface area contributed by atoms with Crippen molar-refractivity contribution in [2.24, 2.45) is 0 Å². The van der Waals surface area contributed by atoms with Crippen LogP contribution in [0.4, 0.5) is 8.78 Å². The second-order valence-electron chi connectivity index (χ2n) is 10.7. The van der Waals surface area contributed by atoms with E-state index in [0.717, 1.165) is 21.6 Å². The van der Waals surface area contributed by atoms with Gasteiger partial charge in [-0.2, -0.15) is 5.26 Å². The molecule has 8 heteroatoms. The zero-order valence-corrected chi connectivity index (χ0v) is 21.9. The molecule has 1 aliphatic rings. The van der Waals surface area contributed by atoms with Crippen molar-refractivity contribution in [3.63, 3.8) is 0 Å². The Labute approximate surface area is 221 Å². The number of carbonyl (C=O) groups excluding carboxylic acids is 2. The molecule has 3 aromatic rings. The number of nitriles is 1. The number of benzene rings is 2. The number of carbonyl (C=O) groups is 2. The summed E-state index contributed by atoms with van der Waals surface area (Å²) < 4.78 is 27.4. The van der Waals surface area contributed by atoms with Gasteiger partial charge >= 0.3 is 0 Å². The molecule has 1 aromatic heterocycles. The lowest BCUT2D eigenvalue weighted by atomic mass is 9.86. The van der Waals surface area contributed by atoms with Crippen LogP contribution in [0.1, 0.15) is 61.2 Å². The van der Waals surface area contributed by atoms with Crippen LogP contribution >= 0.6 is 0 Å². The lowest BCUT2D eigenvalue weighted by Gasteiger charge is -2.19. The molecule has 38 heavy (non-hydrogen) atoms. The number of rotatable bonds is 5. The topological polar surface area (TPSA) is 86.1 Å². The molecule has 2 heterocycles. The number of halogens is 2. The van der Waals surface area contributed by atoms with Gasteiger partial charge in [0.25, 0.3) is 11.8 Å². The molecule has 0 spiro atoms. The van der Waals surface area contributed by atoms with Crippen molar-refractivity contribution in [1.82, 2.24) is 15.2 Å². The predicted octanol–water partition coefficient (Wildman–Crippen LogP) is 5.58. The van der Waals surface area contributed by atoms with Gasteiger partial charge in [-0.1, -0.05) is 57.2 Å². The molecule has 1 N–H and O–H groups in total. The number of likely N-dealkylation sites (tertiary alicyclic amines) is 1. The summed E-state index contributed by atoms with van der Waals surface area (Å²) in [5, 5.41) is 12.2. The third-order valence-electron chi connectivity index (χ3n) is 6.74. The maximum atomic E-state index is 13.7. The summed E-state index contributed by atoms with van der Waals surface area (Å²) >= 11 is 0. The van der Waals surface area contributed by atoms with Gasteiger partial charge in [-0.25, -0.2) is 8.78 Å². The molecule has 0 aliphatic carbocycles. The predicted molar refractivity (Wildman–Crippen MR) is 143 cm³/mol. The highest BCUT2D eigenvalue weighted by Gasteiger charge is 2.47. The van der Waals surface area contributed by atoms with Crippen LogP contribution < -0.4 is 5.32 Å². The van der Waals surface area contributed by atoms with E-state index in [1.54, 1.807) is 12.1 Å². The number of allylic oxidation sites excluding steroid dienone is 1. The summed E-state index contributed by atoms with van der Waals surface area (Å²) in [5.41, 5.74) is 5.26. The van der Waals surface area contributed by atoms with Gasteiger partial charge in [0.1, 0.15) is 6.04 Å². The van der Waals surface area contributed by atoms with Crippen molar-refractivity contribution in [2.75, 3.05) is 13.1 Å². The van der Waals surface area contributed by atoms with Crippen molar-refractivity contribution >= 4 is 34.4 Å². The highest BCUT2D eigenvalue weighted by atomic mass is 19.3. The number of nitrogens with one attached hydrogen (secondary N) is 1. The number of hydrogen-bond acceptors (Lipinski definition) is 4. The number of alkyl halides is 2. The van der Waals surface area contributed by atoms with Gasteiger partial charge in [0, 0.05) is 18.0 Å². The van der Waals surface area contributed by atoms with Gasteiger partial charge in [0.2, 0.25) is 5.91 Å². The first-order valence-electron chi connectivity index (χ1n) is 12.4. The standard InChI is InChI=1S/C30H30F2N4O2/c1-19(21-6-8-22(9-7-21)29(2,3)4)13-20-5-10-26-25(14-20)24(11-12-34-26)28(38)35-17-27(37)36-18-30(31,32)15-23(36)16-33/h5-14,23H,15,17-18H2,1-4H3,(H,35,38). The Balaban J connectivity index is 1.53. The van der Waals surface area contributed by atoms with Gasteiger partial charge in [-0.05, 0) is 52.8 Å². The van der Waals surface area contributed by atoms with Crippen molar-refractivity contribution in [2.45, 2.75) is 51.5 Å². The third kappa shape index (κ3) is 5.88. The fourth-order valence-electron chi connectivity index (χ4n) is 4.57. The van der Waals surface area contributed by atoms with E-state index in [1.807, 2.05) is 31.2 Å². The SMILES string of the molecule is CC(=Cc1ccc2nccc(C(=O)NCC(=O)N3CC(F)(F)CC3C#N)c2c1)c1ccc(C(C)(C)C)cc1. The maximum Gasteiger partial charge on any atom is 0.268 e. The molecular formula is C30H30F2N4O2. The van der Waals surface area contributed by atoms with Gasteiger partial charge in [-0.15, -0.1) is 0 Å². The lowest BCUT2D eigenvalue weighted by Crippen LogP contribution is -2.43. The normalized spacial score (nSPS) is 17.3. The number of hydrogen-bond donors (Lipinski definition) is 1. The molecular weight excluding hydrogens is 486 g/mol. The average Bonchev–Trinajstić information content (AvgIpc) is 3.20. The number of amides is 2. The van der Waals surface area contributed by atoms with E-state index in [0.29, 0.717) is 16.5 Å². The summed E-state index contributed by atoms with van der Waals surface area (Å²) in [5.74, 6) is -4.36. The monoisotopic (exact) mass is 516 g/mol. The average molecular weight is 517 g/mol. The Kier molecular flexibility index (Phi) is 7.32. The Bertz CT molecular complexity index is 1450. The first-order valence-corrected chi connectivity index (χ1v) is 12.4. The summed E-state index contributed by atoms with van der Waals surface area (Å²) in [6.45, 7) is 7.23. The number of aromatic nitrogens is 1. The fourth-order valence-corrected chi connectivity index (χ4v) is 4.57. The quantitative estimate of drug-likeness (QED) is 0.449. The first kappa shape index (κ1) is 26.9. The molecule has 0 radical (unpaired) electrons. The largest absolute Gasteiger partial charge is 0.343 e. The van der Waals surface area contributed by atoms with Crippen molar-refractivity contribution in [3.8, 4) is 6.07 Å². The molecule has 1 atom stereocenters. The molecule has 0 bridgehead atoms. The van der Waals surface area contributed by atoms with E-state index in [-0.39, 0.29) is 5.41 Å². The minimum absolute atomic E-state index is 0.0695. The van der Waals surface area contributed by atoms with E-state index >= 15 is 0 Å². The minimum Gasteiger partial charge on any atom is -0.343 e. The van der Waals surface area contributed by atoms with E-state index in [4.69, 9.17) is 5.26 Å². The molecule has 0 saturated carbocycles. The molecule has 2 aromatic carbocycles. The summed E-state index contributed by atoms with van der Waals surface area (Å²) in [6.07, 6.45) is 2.83. The van der Waals surface area contributed by atoms with E-state index in [9.17, 15) is 18.4 Å². The highest BCUT2D eigenvalue weighted by molar-refractivity contribution is 6.07. The molecule has 1 saturated heterocycles. The Morgan fingerprint density at radius 3 is 2.55 bits per heavy atom. The van der Waals surface area contributed by atoms with Crippen molar-refractivity contribution < 1.29 is 18.4 Å². The van der Waals surface area contributed by atoms with Crippen molar-refractivity contribution in [1.29, 1.82) is 5.26 Å². The lowest BCUT2D eigenvalue weighted by molar-refractivity contribution is -0.131. The van der Waals surface area contributed by atoms with E-state index in [2.05, 4.69) is 55.3 Å². The highest BCUT2D eigenvalue weighted by Crippen LogP contribution is 2.31. The number of fused-ring (bicyclic) bond motifs is 1. The summed E-state index contributed by atoms with van der Waals surface area (Å²) in [6, 6.07) is 16.1. The van der Waals surface area contributed by atoms with Crippen LogP contribution in [0.15, 0.2) is 54.7 Å². The van der Waals surface area contributed by atoms with Gasteiger partial charge < -0.3 is 10.2 Å². The van der Waals surface area contributed by atoms with Crippen LogP contribution in [0.3, 0.4) is 0 Å². The minimum atomic E-state index is -3.11. The zero-order chi connectivity index (χ0) is 27.7. The number of nitrogens with zero attached hydrogens (tertiary/aromatic N) is 3. The molecule has 196 valence electrons. The second kappa shape index (κ2) is 10.3. The Hall–Kier alpha value is -4.12. The van der Waals surface area contributed by atoms with Crippen LogP contribution in [0.2, 0.25) is 0 Å². The van der Waals surface area contributed by atoms with Crippen LogP contribution in [0, 0.1) is 11.3 Å². The molecule has 1 aliphatic heterocycles. The fraction of sp³-hybridized carbons (Fsp3) is 0.333. The van der Waals surface area contributed by atoms with Crippen molar-refractivity contribution in [3.05, 3.63) is 77.0 Å². The second-order valence-corrected chi connectivity index (χ2v) is 10.7. The van der Waals surface area contributed by atoms with E-state index < -0.39 is 43.3 Å². The molecule has 4 rings (SSSR count). The third-order valence-corrected chi connectivity index (χ3v) is 6.74. The molecule has 2 amide bonds. The molecule has 6 nitrogen and oxygen atoms in total. The zero-order valence-electron chi connectivity index (χ0n) is 21.9. The van der Waals surface area contributed by atoms with Gasteiger partial charge in [-0.3, -0.25) is 14.6 Å². The summed E-state index contributed by atoms with van der Waals surface area (Å²) in [7, 11) is 0. The van der Waals surface area contributed by atoms with Crippen LogP contribution in [0.25, 0.3) is 22.6 Å². The number of pyridine rings is 1. The van der Waals surface area contributed by atoms with Crippen LogP contribution in [0.5, 0.6) is 0 Å². The first-order chi connectivity index (χ1) is 17.9. The van der Waals surface area contributed by atoms with Gasteiger partial charge in [0.15, 0.2) is 0 Å². The maximum absolute atomic E-state index is 13.7. The smallest absolute Gasteiger partial charge is 0.268 e. The van der Waals surface area contributed by atoms with Gasteiger partial charge in [0.05, 0.1) is 30.2 Å². The molecule has 1 fully saturated rings. The Morgan fingerprint density at radius 1 is 1.18 bits per heavy atom. The summed E-state index contributed by atoms with van der Waals surface area (Å²) in [4.78, 5) is 30.6. The molecule has 1 unspecified atom stereocenters. The van der Waals surface area contributed by atoms with E-state index in [1.165, 1.54) is 11.8 Å².